The van der Waals surface area contributed by atoms with Gasteiger partial charge in [0.15, 0.2) is 0 Å². The largest absolute Gasteiger partial charge is 0.275 e. The molecular formula is C10H17BrN2. The van der Waals surface area contributed by atoms with Crippen molar-refractivity contribution >= 4 is 15.9 Å². The van der Waals surface area contributed by atoms with Crippen LogP contribution in [0.3, 0.4) is 0 Å². The van der Waals surface area contributed by atoms with Gasteiger partial charge in [-0.3, -0.25) is 4.68 Å². The third-order valence-corrected chi connectivity index (χ3v) is 3.64. The molecule has 0 aliphatic heterocycles. The fraction of sp³-hybridized carbons (Fsp3) is 0.700. The summed E-state index contributed by atoms with van der Waals surface area (Å²) in [5.74, 6) is 0. The lowest BCUT2D eigenvalue weighted by atomic mass is 9.89. The molecule has 0 saturated heterocycles. The van der Waals surface area contributed by atoms with Crippen molar-refractivity contribution in [3.63, 3.8) is 0 Å². The summed E-state index contributed by atoms with van der Waals surface area (Å²) in [5.41, 5.74) is 2.79. The summed E-state index contributed by atoms with van der Waals surface area (Å²) in [6.07, 6.45) is 3.10. The summed E-state index contributed by atoms with van der Waals surface area (Å²) < 4.78 is 1.88. The lowest BCUT2D eigenvalue weighted by Gasteiger charge is -2.20. The molecule has 0 radical (unpaired) electrons. The van der Waals surface area contributed by atoms with Crippen LogP contribution in [0.1, 0.15) is 25.1 Å². The van der Waals surface area contributed by atoms with Crippen molar-refractivity contribution in [2.75, 3.05) is 5.33 Å². The van der Waals surface area contributed by atoms with Crippen LogP contribution < -0.4 is 0 Å². The van der Waals surface area contributed by atoms with Gasteiger partial charge in [-0.2, -0.15) is 5.10 Å². The fourth-order valence-electron chi connectivity index (χ4n) is 1.33. The molecule has 0 amide bonds. The number of rotatable bonds is 3. The molecule has 0 aromatic carbocycles. The SMILES string of the molecule is Cc1cn(C)nc1CC(C)(C)CBr. The van der Waals surface area contributed by atoms with Gasteiger partial charge in [-0.05, 0) is 24.3 Å². The first-order valence-corrected chi connectivity index (χ1v) is 5.62. The van der Waals surface area contributed by atoms with E-state index >= 15 is 0 Å². The Hall–Kier alpha value is -0.310. The molecule has 1 heterocycles. The molecule has 1 rings (SSSR count). The van der Waals surface area contributed by atoms with Crippen molar-refractivity contribution in [3.05, 3.63) is 17.5 Å². The normalized spacial score (nSPS) is 12.1. The van der Waals surface area contributed by atoms with E-state index in [4.69, 9.17) is 0 Å². The van der Waals surface area contributed by atoms with Crippen molar-refractivity contribution in [1.82, 2.24) is 9.78 Å². The Morgan fingerprint density at radius 3 is 2.54 bits per heavy atom. The molecule has 0 aliphatic carbocycles. The van der Waals surface area contributed by atoms with E-state index in [0.717, 1.165) is 11.8 Å². The van der Waals surface area contributed by atoms with Gasteiger partial charge in [-0.1, -0.05) is 29.8 Å². The average Bonchev–Trinajstić information content (AvgIpc) is 2.30. The highest BCUT2D eigenvalue weighted by molar-refractivity contribution is 9.09. The van der Waals surface area contributed by atoms with Crippen LogP contribution in [0.2, 0.25) is 0 Å². The third kappa shape index (κ3) is 2.83. The fourth-order valence-corrected chi connectivity index (χ4v) is 1.53. The monoisotopic (exact) mass is 244 g/mol. The number of halogens is 1. The second-order valence-corrected chi connectivity index (χ2v) is 4.97. The Bertz CT molecular complexity index is 289. The summed E-state index contributed by atoms with van der Waals surface area (Å²) in [7, 11) is 1.97. The van der Waals surface area contributed by atoms with Crippen molar-refractivity contribution in [1.29, 1.82) is 0 Å². The van der Waals surface area contributed by atoms with Crippen LogP contribution >= 0.6 is 15.9 Å². The quantitative estimate of drug-likeness (QED) is 0.748. The molecule has 0 saturated carbocycles. The Morgan fingerprint density at radius 2 is 2.15 bits per heavy atom. The van der Waals surface area contributed by atoms with Crippen LogP contribution in [-0.4, -0.2) is 15.1 Å². The number of hydrogen-bond acceptors (Lipinski definition) is 1. The van der Waals surface area contributed by atoms with Gasteiger partial charge >= 0.3 is 0 Å². The summed E-state index contributed by atoms with van der Waals surface area (Å²) in [4.78, 5) is 0. The zero-order valence-electron chi connectivity index (χ0n) is 8.76. The van der Waals surface area contributed by atoms with Crippen LogP contribution in [0.25, 0.3) is 0 Å². The first-order chi connectivity index (χ1) is 5.94. The Labute approximate surface area is 88.5 Å². The van der Waals surface area contributed by atoms with Crippen molar-refractivity contribution < 1.29 is 0 Å². The molecule has 0 spiro atoms. The standard InChI is InChI=1S/C10H17BrN2/c1-8-6-13(4)12-9(8)5-10(2,3)7-11/h6H,5,7H2,1-4H3. The summed E-state index contributed by atoms with van der Waals surface area (Å²) in [6.45, 7) is 6.61. The second-order valence-electron chi connectivity index (χ2n) is 4.41. The minimum Gasteiger partial charge on any atom is -0.275 e. The van der Waals surface area contributed by atoms with Crippen molar-refractivity contribution in [3.8, 4) is 0 Å². The third-order valence-electron chi connectivity index (χ3n) is 2.12. The van der Waals surface area contributed by atoms with E-state index in [1.807, 2.05) is 11.7 Å². The Morgan fingerprint density at radius 1 is 1.54 bits per heavy atom. The smallest absolute Gasteiger partial charge is 0.0659 e. The predicted octanol–water partition coefficient (Wildman–Crippen LogP) is 2.69. The lowest BCUT2D eigenvalue weighted by molar-refractivity contribution is 0.417. The highest BCUT2D eigenvalue weighted by Crippen LogP contribution is 2.24. The predicted molar refractivity (Wildman–Crippen MR) is 59.2 cm³/mol. The molecule has 3 heteroatoms. The summed E-state index contributed by atoms with van der Waals surface area (Å²) in [6, 6.07) is 0. The summed E-state index contributed by atoms with van der Waals surface area (Å²) >= 11 is 3.53. The molecular weight excluding hydrogens is 228 g/mol. The molecule has 74 valence electrons. The van der Waals surface area contributed by atoms with E-state index in [-0.39, 0.29) is 0 Å². The van der Waals surface area contributed by atoms with Gasteiger partial charge in [0.25, 0.3) is 0 Å². The minimum absolute atomic E-state index is 0.291. The van der Waals surface area contributed by atoms with E-state index < -0.39 is 0 Å². The van der Waals surface area contributed by atoms with Crippen LogP contribution in [0, 0.1) is 12.3 Å². The number of alkyl halides is 1. The first-order valence-electron chi connectivity index (χ1n) is 4.50. The van der Waals surface area contributed by atoms with E-state index in [9.17, 15) is 0 Å². The highest BCUT2D eigenvalue weighted by Gasteiger charge is 2.19. The molecule has 2 nitrogen and oxygen atoms in total. The maximum absolute atomic E-state index is 4.44. The average molecular weight is 245 g/mol. The van der Waals surface area contributed by atoms with Gasteiger partial charge in [-0.25, -0.2) is 0 Å². The number of aryl methyl sites for hydroxylation is 2. The van der Waals surface area contributed by atoms with Gasteiger partial charge < -0.3 is 0 Å². The maximum Gasteiger partial charge on any atom is 0.0659 e. The number of nitrogens with zero attached hydrogens (tertiary/aromatic N) is 2. The molecule has 0 atom stereocenters. The number of hydrogen-bond donors (Lipinski definition) is 0. The van der Waals surface area contributed by atoms with E-state index in [0.29, 0.717) is 5.41 Å². The molecule has 13 heavy (non-hydrogen) atoms. The summed E-state index contributed by atoms with van der Waals surface area (Å²) in [5, 5.41) is 5.45. The minimum atomic E-state index is 0.291. The lowest BCUT2D eigenvalue weighted by Crippen LogP contribution is -2.17. The van der Waals surface area contributed by atoms with E-state index in [1.165, 1.54) is 11.3 Å². The molecule has 0 N–H and O–H groups in total. The van der Waals surface area contributed by atoms with E-state index in [1.54, 1.807) is 0 Å². The van der Waals surface area contributed by atoms with Gasteiger partial charge in [0.2, 0.25) is 0 Å². The topological polar surface area (TPSA) is 17.8 Å². The molecule has 0 fully saturated rings. The molecule has 1 aromatic heterocycles. The van der Waals surface area contributed by atoms with Crippen LogP contribution in [0.5, 0.6) is 0 Å². The zero-order chi connectivity index (χ0) is 10.1. The van der Waals surface area contributed by atoms with E-state index in [2.05, 4.69) is 48.0 Å². The van der Waals surface area contributed by atoms with Gasteiger partial charge in [-0.15, -0.1) is 0 Å². The zero-order valence-corrected chi connectivity index (χ0v) is 10.3. The second kappa shape index (κ2) is 3.82. The number of aromatic nitrogens is 2. The van der Waals surface area contributed by atoms with Crippen LogP contribution in [-0.2, 0) is 13.5 Å². The van der Waals surface area contributed by atoms with Crippen molar-refractivity contribution in [2.45, 2.75) is 27.2 Å². The Kier molecular flexibility index (Phi) is 3.17. The van der Waals surface area contributed by atoms with Gasteiger partial charge in [0.05, 0.1) is 5.69 Å². The Balaban J connectivity index is 2.79. The molecule has 0 unspecified atom stereocenters. The molecule has 1 aromatic rings. The molecule has 0 aliphatic rings. The van der Waals surface area contributed by atoms with Crippen molar-refractivity contribution in [2.24, 2.45) is 12.5 Å². The maximum atomic E-state index is 4.44. The molecule has 0 bridgehead atoms. The van der Waals surface area contributed by atoms with Gasteiger partial charge in [0.1, 0.15) is 0 Å². The van der Waals surface area contributed by atoms with Crippen LogP contribution in [0.15, 0.2) is 6.20 Å². The van der Waals surface area contributed by atoms with Gasteiger partial charge in [0, 0.05) is 18.6 Å². The van der Waals surface area contributed by atoms with Crippen LogP contribution in [0.4, 0.5) is 0 Å². The first kappa shape index (κ1) is 10.8. The highest BCUT2D eigenvalue weighted by atomic mass is 79.9.